The second-order valence-corrected chi connectivity index (χ2v) is 15.5. The zero-order valence-corrected chi connectivity index (χ0v) is 25.7. The molecular formula is C26H36F3N7O5S2. The molecular weight excluding hydrogens is 611 g/mol. The molecule has 1 aromatic carbocycles. The highest BCUT2D eigenvalue weighted by atomic mass is 32.2. The van der Waals surface area contributed by atoms with Crippen LogP contribution in [0, 0.1) is 5.41 Å². The lowest BCUT2D eigenvalue weighted by molar-refractivity contribution is -0.137. The number of hydrogen-bond acceptors (Lipinski definition) is 8. The van der Waals surface area contributed by atoms with Gasteiger partial charge < -0.3 is 9.80 Å². The number of sulfonamides is 2. The highest BCUT2D eigenvalue weighted by molar-refractivity contribution is 7.92. The quantitative estimate of drug-likeness (QED) is 0.506. The van der Waals surface area contributed by atoms with Crippen molar-refractivity contribution in [3.05, 3.63) is 41.6 Å². The van der Waals surface area contributed by atoms with Crippen LogP contribution in [0.25, 0.3) is 0 Å². The molecule has 0 bridgehead atoms. The molecule has 1 spiro atoms. The number of hydrogen-bond donors (Lipinski definition) is 1. The van der Waals surface area contributed by atoms with Crippen molar-refractivity contribution in [3.63, 3.8) is 0 Å². The molecule has 3 aliphatic rings. The summed E-state index contributed by atoms with van der Waals surface area (Å²) in [5.74, 6) is 0.0361. The third kappa shape index (κ3) is 7.44. The van der Waals surface area contributed by atoms with Gasteiger partial charge in [0.1, 0.15) is 0 Å². The van der Waals surface area contributed by atoms with Gasteiger partial charge in [-0.15, -0.1) is 5.10 Å². The minimum absolute atomic E-state index is 0.0361. The molecule has 0 unspecified atom stereocenters. The van der Waals surface area contributed by atoms with E-state index in [1.807, 2.05) is 4.90 Å². The summed E-state index contributed by atoms with van der Waals surface area (Å²) in [6.45, 7) is 4.13. The Balaban J connectivity index is 1.25. The van der Waals surface area contributed by atoms with Gasteiger partial charge in [-0.3, -0.25) is 9.62 Å². The fraction of sp³-hybridized carbons (Fsp3) is 0.615. The van der Waals surface area contributed by atoms with E-state index in [2.05, 4.69) is 14.7 Å². The van der Waals surface area contributed by atoms with Crippen LogP contribution < -0.4 is 9.62 Å². The molecule has 2 aromatic rings. The van der Waals surface area contributed by atoms with Gasteiger partial charge in [-0.1, -0.05) is 6.07 Å². The average molecular weight is 648 g/mol. The van der Waals surface area contributed by atoms with Crippen LogP contribution in [0.2, 0.25) is 0 Å². The second-order valence-electron chi connectivity index (χ2n) is 11.7. The SMILES string of the molecule is CS(=O)(=O)Nc1ccn(C(=O)N2CCN(Cc3ccc(C(F)(F)F)cc3N3CCC4(CCN(S(C)(=O)=O)CC4)C3)CC2)n1. The van der Waals surface area contributed by atoms with Gasteiger partial charge in [0, 0.05) is 76.9 Å². The minimum Gasteiger partial charge on any atom is -0.371 e. The van der Waals surface area contributed by atoms with Crippen LogP contribution in [0.3, 0.4) is 0 Å². The molecule has 0 aliphatic carbocycles. The molecule has 4 heterocycles. The number of amides is 1. The Labute approximate surface area is 249 Å². The summed E-state index contributed by atoms with van der Waals surface area (Å²) in [7, 11) is -6.81. The monoisotopic (exact) mass is 647 g/mol. The number of aromatic nitrogens is 2. The number of piperidine rings is 1. The normalized spacial score (nSPS) is 20.6. The molecule has 43 heavy (non-hydrogen) atoms. The number of carbonyl (C=O) groups is 1. The Morgan fingerprint density at radius 1 is 0.953 bits per heavy atom. The molecule has 3 aliphatic heterocycles. The van der Waals surface area contributed by atoms with E-state index in [1.165, 1.54) is 35.0 Å². The van der Waals surface area contributed by atoms with E-state index in [1.54, 1.807) is 4.90 Å². The second kappa shape index (κ2) is 11.6. The number of rotatable bonds is 6. The van der Waals surface area contributed by atoms with Gasteiger partial charge in [0.15, 0.2) is 5.82 Å². The van der Waals surface area contributed by atoms with Gasteiger partial charge in [-0.2, -0.15) is 17.9 Å². The predicted octanol–water partition coefficient (Wildman–Crippen LogP) is 2.31. The fourth-order valence-corrected chi connectivity index (χ4v) is 7.50. The van der Waals surface area contributed by atoms with Crippen molar-refractivity contribution in [2.24, 2.45) is 5.41 Å². The van der Waals surface area contributed by atoms with Crippen molar-refractivity contribution in [3.8, 4) is 0 Å². The molecule has 12 nitrogen and oxygen atoms in total. The molecule has 17 heteroatoms. The van der Waals surface area contributed by atoms with Gasteiger partial charge in [0.2, 0.25) is 20.0 Å². The van der Waals surface area contributed by atoms with Crippen LogP contribution >= 0.6 is 0 Å². The summed E-state index contributed by atoms with van der Waals surface area (Å²) >= 11 is 0. The largest absolute Gasteiger partial charge is 0.416 e. The van der Waals surface area contributed by atoms with Crippen molar-refractivity contribution < 1.29 is 34.8 Å². The van der Waals surface area contributed by atoms with E-state index >= 15 is 0 Å². The van der Waals surface area contributed by atoms with Gasteiger partial charge in [-0.25, -0.2) is 25.9 Å². The molecule has 238 valence electrons. The molecule has 1 amide bonds. The number of carbonyl (C=O) groups excluding carboxylic acids is 1. The van der Waals surface area contributed by atoms with E-state index in [0.717, 1.165) is 29.0 Å². The van der Waals surface area contributed by atoms with E-state index in [-0.39, 0.29) is 11.2 Å². The molecule has 0 atom stereocenters. The first-order chi connectivity index (χ1) is 20.0. The van der Waals surface area contributed by atoms with Crippen molar-refractivity contribution >= 4 is 37.6 Å². The summed E-state index contributed by atoms with van der Waals surface area (Å²) in [5, 5.41) is 3.99. The topological polar surface area (TPSA) is 128 Å². The number of alkyl halides is 3. The summed E-state index contributed by atoms with van der Waals surface area (Å²) in [4.78, 5) is 18.6. The van der Waals surface area contributed by atoms with E-state index in [9.17, 15) is 34.8 Å². The Bertz CT molecular complexity index is 1560. The highest BCUT2D eigenvalue weighted by Crippen LogP contribution is 2.44. The molecule has 3 saturated heterocycles. The summed E-state index contributed by atoms with van der Waals surface area (Å²) in [5.41, 5.74) is 0.459. The van der Waals surface area contributed by atoms with Crippen LogP contribution in [0.5, 0.6) is 0 Å². The maximum absolute atomic E-state index is 13.7. The van der Waals surface area contributed by atoms with Crippen LogP contribution in [-0.2, 0) is 32.8 Å². The van der Waals surface area contributed by atoms with Gasteiger partial charge in [-0.05, 0) is 42.4 Å². The number of nitrogens with one attached hydrogen (secondary N) is 1. The lowest BCUT2D eigenvalue weighted by atomic mass is 9.78. The van der Waals surface area contributed by atoms with E-state index in [4.69, 9.17) is 0 Å². The highest BCUT2D eigenvalue weighted by Gasteiger charge is 2.43. The lowest BCUT2D eigenvalue weighted by Gasteiger charge is -2.38. The Morgan fingerprint density at radius 3 is 2.21 bits per heavy atom. The minimum atomic E-state index is -4.49. The zero-order chi connectivity index (χ0) is 31.2. The Morgan fingerprint density at radius 2 is 1.60 bits per heavy atom. The molecule has 3 fully saturated rings. The third-order valence-electron chi connectivity index (χ3n) is 8.56. The van der Waals surface area contributed by atoms with Crippen LogP contribution in [0.15, 0.2) is 30.5 Å². The van der Waals surface area contributed by atoms with Crippen LogP contribution in [-0.4, -0.2) is 112 Å². The molecule has 1 aromatic heterocycles. The van der Waals surface area contributed by atoms with Crippen molar-refractivity contribution in [1.29, 1.82) is 0 Å². The summed E-state index contributed by atoms with van der Waals surface area (Å²) in [6, 6.07) is 4.85. The molecule has 0 saturated carbocycles. The molecule has 0 radical (unpaired) electrons. The Hall–Kier alpha value is -2.89. The maximum Gasteiger partial charge on any atom is 0.416 e. The first kappa shape index (κ1) is 31.5. The van der Waals surface area contributed by atoms with Crippen LogP contribution in [0.1, 0.15) is 30.4 Å². The van der Waals surface area contributed by atoms with Gasteiger partial charge in [0.25, 0.3) is 0 Å². The molecule has 5 rings (SSSR count). The predicted molar refractivity (Wildman–Crippen MR) is 155 cm³/mol. The first-order valence-electron chi connectivity index (χ1n) is 14.0. The molecule has 1 N–H and O–H groups in total. The Kier molecular flexibility index (Phi) is 8.47. The van der Waals surface area contributed by atoms with E-state index < -0.39 is 37.8 Å². The standard InChI is InChI=1S/C26H36F3N7O5S2/c1-42(38,39)31-23-5-9-36(30-23)24(37)33-15-13-32(14-16-33)18-20-3-4-21(26(27,28)29)17-22(20)34-10-6-25(19-34)7-11-35(12-8-25)43(2,40)41/h3-5,9,17H,6-8,10-16,18-19H2,1-2H3,(H,30,31). The lowest BCUT2D eigenvalue weighted by Crippen LogP contribution is -2.49. The van der Waals surface area contributed by atoms with Gasteiger partial charge >= 0.3 is 12.2 Å². The smallest absolute Gasteiger partial charge is 0.371 e. The summed E-state index contributed by atoms with van der Waals surface area (Å²) < 4.78 is 92.7. The first-order valence-corrected chi connectivity index (χ1v) is 17.7. The zero-order valence-electron chi connectivity index (χ0n) is 24.0. The van der Waals surface area contributed by atoms with Crippen molar-refractivity contribution in [2.75, 3.05) is 74.5 Å². The number of nitrogens with zero attached hydrogens (tertiary/aromatic N) is 6. The fourth-order valence-electron chi connectivity index (χ4n) is 6.17. The summed E-state index contributed by atoms with van der Waals surface area (Å²) in [6.07, 6.45) is 1.21. The third-order valence-corrected chi connectivity index (χ3v) is 10.4. The number of halogens is 3. The average Bonchev–Trinajstić information content (AvgIpc) is 3.54. The van der Waals surface area contributed by atoms with Crippen molar-refractivity contribution in [2.45, 2.75) is 32.0 Å². The maximum atomic E-state index is 13.7. The number of piperazine rings is 1. The van der Waals surface area contributed by atoms with Crippen molar-refractivity contribution in [1.82, 2.24) is 23.9 Å². The van der Waals surface area contributed by atoms with Gasteiger partial charge in [0.05, 0.1) is 18.1 Å². The van der Waals surface area contributed by atoms with Crippen LogP contribution in [0.4, 0.5) is 29.5 Å². The van der Waals surface area contributed by atoms with E-state index in [0.29, 0.717) is 77.4 Å². The number of anilines is 2. The number of benzene rings is 1.